The van der Waals surface area contributed by atoms with Gasteiger partial charge in [0.05, 0.1) is 11.6 Å². The lowest BCUT2D eigenvalue weighted by Crippen LogP contribution is -2.28. The lowest BCUT2D eigenvalue weighted by molar-refractivity contribution is 0.433. The van der Waals surface area contributed by atoms with E-state index in [4.69, 9.17) is 12.6 Å². The average Bonchev–Trinajstić information content (AvgIpc) is 3.33. The molecular formula is C34H29NS. The molecule has 7 rings (SSSR count). The van der Waals surface area contributed by atoms with Gasteiger partial charge in [-0.3, -0.25) is 0 Å². The molecule has 0 saturated carbocycles. The van der Waals surface area contributed by atoms with Crippen LogP contribution in [-0.2, 0) is 5.41 Å². The molecule has 1 nitrogen and oxygen atoms in total. The zero-order chi connectivity index (χ0) is 24.6. The molecular weight excluding hydrogens is 454 g/mol. The van der Waals surface area contributed by atoms with Crippen molar-refractivity contribution in [2.45, 2.75) is 37.1 Å². The minimum absolute atomic E-state index is 0.0162. The highest BCUT2D eigenvalue weighted by molar-refractivity contribution is 7.80. The molecule has 0 N–H and O–H groups in total. The van der Waals surface area contributed by atoms with Gasteiger partial charge in [0, 0.05) is 32.5 Å². The topological polar surface area (TPSA) is 4.93 Å². The first-order chi connectivity index (χ1) is 17.5. The number of para-hydroxylation sites is 1. The molecule has 2 atom stereocenters. The Morgan fingerprint density at radius 1 is 0.750 bits per heavy atom. The van der Waals surface area contributed by atoms with E-state index in [0.717, 1.165) is 4.90 Å². The number of nitrogens with zero attached hydrogens (tertiary/aromatic N) is 1. The third kappa shape index (κ3) is 2.91. The maximum absolute atomic E-state index is 4.98. The fourth-order valence-corrected chi connectivity index (χ4v) is 7.25. The molecule has 2 unspecified atom stereocenters. The van der Waals surface area contributed by atoms with E-state index >= 15 is 0 Å². The van der Waals surface area contributed by atoms with Crippen LogP contribution in [0.2, 0.25) is 0 Å². The van der Waals surface area contributed by atoms with E-state index in [9.17, 15) is 0 Å². The Labute approximate surface area is 218 Å². The molecule has 0 fully saturated rings. The molecule has 2 aliphatic rings. The lowest BCUT2D eigenvalue weighted by Gasteiger charge is -2.36. The summed E-state index contributed by atoms with van der Waals surface area (Å²) in [4.78, 5) is 1.01. The van der Waals surface area contributed by atoms with E-state index in [0.29, 0.717) is 5.92 Å². The van der Waals surface area contributed by atoms with Crippen molar-refractivity contribution in [3.63, 3.8) is 0 Å². The summed E-state index contributed by atoms with van der Waals surface area (Å²) >= 11 is 4.98. The molecule has 0 amide bonds. The second-order valence-corrected chi connectivity index (χ2v) is 11.3. The van der Waals surface area contributed by atoms with Crippen LogP contribution in [0.5, 0.6) is 0 Å². The van der Waals surface area contributed by atoms with Crippen LogP contribution >= 0.6 is 12.6 Å². The smallest absolute Gasteiger partial charge is 0.0589 e. The molecule has 36 heavy (non-hydrogen) atoms. The van der Waals surface area contributed by atoms with Crippen LogP contribution in [0.3, 0.4) is 0 Å². The van der Waals surface area contributed by atoms with Crippen molar-refractivity contribution in [3.8, 4) is 11.1 Å². The molecule has 0 radical (unpaired) electrons. The molecule has 0 spiro atoms. The standard InChI is InChI=1S/C34H29NS/c1-21-29(18-17-25-23-13-7-9-15-28(23)34(2,3)33(21)25)35-30-16-10-8-14-24(30)27-19-26(32(36)20-31(27)35)22-11-5-4-6-12-22/h4-21,29,36H,1-3H3. The fourth-order valence-electron chi connectivity index (χ4n) is 6.93. The van der Waals surface area contributed by atoms with Crippen molar-refractivity contribution >= 4 is 40.0 Å². The molecule has 1 aromatic heterocycles. The highest BCUT2D eigenvalue weighted by Crippen LogP contribution is 2.54. The number of allylic oxidation sites excluding steroid dienone is 4. The molecule has 0 bridgehead atoms. The van der Waals surface area contributed by atoms with Crippen LogP contribution in [-0.4, -0.2) is 4.57 Å². The van der Waals surface area contributed by atoms with Crippen molar-refractivity contribution < 1.29 is 0 Å². The predicted molar refractivity (Wildman–Crippen MR) is 156 cm³/mol. The van der Waals surface area contributed by atoms with Gasteiger partial charge in [0.15, 0.2) is 0 Å². The third-order valence-electron chi connectivity index (χ3n) is 8.49. The fraction of sp³-hybridized carbons (Fsp3) is 0.176. The number of thiol groups is 1. The summed E-state index contributed by atoms with van der Waals surface area (Å²) in [5.74, 6) is 0.364. The number of rotatable bonds is 2. The summed E-state index contributed by atoms with van der Waals surface area (Å²) in [6.45, 7) is 7.20. The zero-order valence-corrected chi connectivity index (χ0v) is 21.8. The van der Waals surface area contributed by atoms with Gasteiger partial charge in [0.2, 0.25) is 0 Å². The maximum Gasteiger partial charge on any atom is 0.0589 e. The van der Waals surface area contributed by atoms with Gasteiger partial charge in [-0.2, -0.15) is 0 Å². The van der Waals surface area contributed by atoms with Crippen molar-refractivity contribution in [1.82, 2.24) is 4.57 Å². The van der Waals surface area contributed by atoms with E-state index < -0.39 is 0 Å². The Morgan fingerprint density at radius 3 is 2.31 bits per heavy atom. The first-order valence-electron chi connectivity index (χ1n) is 12.8. The Kier molecular flexibility index (Phi) is 4.69. The molecule has 4 aromatic carbocycles. The summed E-state index contributed by atoms with van der Waals surface area (Å²) in [5.41, 5.74) is 10.7. The predicted octanol–water partition coefficient (Wildman–Crippen LogP) is 9.24. The van der Waals surface area contributed by atoms with Gasteiger partial charge >= 0.3 is 0 Å². The quantitative estimate of drug-likeness (QED) is 0.239. The van der Waals surface area contributed by atoms with Gasteiger partial charge < -0.3 is 4.57 Å². The molecule has 0 aliphatic heterocycles. The van der Waals surface area contributed by atoms with Crippen molar-refractivity contribution in [3.05, 3.63) is 120 Å². The molecule has 0 saturated heterocycles. The number of hydrogen-bond acceptors (Lipinski definition) is 1. The zero-order valence-electron chi connectivity index (χ0n) is 20.9. The van der Waals surface area contributed by atoms with Gasteiger partial charge in [-0.1, -0.05) is 106 Å². The van der Waals surface area contributed by atoms with Gasteiger partial charge in [0.25, 0.3) is 0 Å². The summed E-state index contributed by atoms with van der Waals surface area (Å²) in [5, 5.41) is 2.59. The minimum Gasteiger partial charge on any atom is -0.333 e. The Balaban J connectivity index is 1.45. The van der Waals surface area contributed by atoms with Crippen LogP contribution in [0, 0.1) is 5.92 Å². The first kappa shape index (κ1) is 21.8. The second-order valence-electron chi connectivity index (χ2n) is 10.8. The number of benzene rings is 4. The molecule has 5 aromatic rings. The van der Waals surface area contributed by atoms with Crippen LogP contribution in [0.15, 0.2) is 114 Å². The van der Waals surface area contributed by atoms with Gasteiger partial charge in [0.1, 0.15) is 0 Å². The largest absolute Gasteiger partial charge is 0.333 e. The molecule has 2 aliphatic carbocycles. The molecule has 2 heteroatoms. The van der Waals surface area contributed by atoms with Gasteiger partial charge in [-0.05, 0) is 51.6 Å². The molecule has 1 heterocycles. The Hall–Kier alpha value is -3.49. The third-order valence-corrected chi connectivity index (χ3v) is 8.86. The van der Waals surface area contributed by atoms with E-state index in [1.54, 1.807) is 5.57 Å². The number of fused-ring (bicyclic) bond motifs is 5. The van der Waals surface area contributed by atoms with E-state index in [1.165, 1.54) is 49.6 Å². The van der Waals surface area contributed by atoms with E-state index in [-0.39, 0.29) is 11.5 Å². The Bertz CT molecular complexity index is 1730. The SMILES string of the molecule is CC1C2=C(C=CC1n1c3ccccc3c3cc(-c4ccccc4)c(S)cc31)c1ccccc1C2(C)C. The summed E-state index contributed by atoms with van der Waals surface area (Å²) < 4.78 is 2.56. The first-order valence-corrected chi connectivity index (χ1v) is 13.3. The maximum atomic E-state index is 4.98. The van der Waals surface area contributed by atoms with Crippen molar-refractivity contribution in [1.29, 1.82) is 0 Å². The van der Waals surface area contributed by atoms with Crippen LogP contribution in [0.25, 0.3) is 38.5 Å². The second kappa shape index (κ2) is 7.75. The van der Waals surface area contributed by atoms with Gasteiger partial charge in [-0.15, -0.1) is 12.6 Å². The van der Waals surface area contributed by atoms with Crippen LogP contribution in [0.4, 0.5) is 0 Å². The lowest BCUT2D eigenvalue weighted by atomic mass is 9.72. The highest BCUT2D eigenvalue weighted by Gasteiger charge is 2.43. The van der Waals surface area contributed by atoms with Crippen molar-refractivity contribution in [2.75, 3.05) is 0 Å². The Morgan fingerprint density at radius 2 is 1.47 bits per heavy atom. The molecule has 176 valence electrons. The van der Waals surface area contributed by atoms with Crippen molar-refractivity contribution in [2.24, 2.45) is 5.92 Å². The number of aromatic nitrogens is 1. The minimum atomic E-state index is 0.0162. The van der Waals surface area contributed by atoms with Crippen LogP contribution in [0.1, 0.15) is 37.9 Å². The summed E-state index contributed by atoms with van der Waals surface area (Å²) in [7, 11) is 0. The normalized spacial score (nSPS) is 20.2. The van der Waals surface area contributed by atoms with Crippen LogP contribution < -0.4 is 0 Å². The monoisotopic (exact) mass is 483 g/mol. The summed E-state index contributed by atoms with van der Waals surface area (Å²) in [6, 6.07) is 33.2. The number of hydrogen-bond donors (Lipinski definition) is 1. The highest BCUT2D eigenvalue weighted by atomic mass is 32.1. The average molecular weight is 484 g/mol. The van der Waals surface area contributed by atoms with Gasteiger partial charge in [-0.25, -0.2) is 0 Å². The van der Waals surface area contributed by atoms with E-state index in [2.05, 4.69) is 128 Å². The summed E-state index contributed by atoms with van der Waals surface area (Å²) in [6.07, 6.45) is 4.81. The van der Waals surface area contributed by atoms with E-state index in [1.807, 2.05) is 0 Å².